The van der Waals surface area contributed by atoms with Crippen LogP contribution in [0, 0.1) is 25.2 Å². The van der Waals surface area contributed by atoms with Gasteiger partial charge in [-0.2, -0.15) is 5.26 Å². The fourth-order valence-electron chi connectivity index (χ4n) is 4.12. The molecule has 0 radical (unpaired) electrons. The zero-order valence-corrected chi connectivity index (χ0v) is 22.8. The number of rotatable bonds is 9. The lowest BCUT2D eigenvalue weighted by atomic mass is 9.93. The summed E-state index contributed by atoms with van der Waals surface area (Å²) in [4.78, 5) is 41.6. The fraction of sp³-hybridized carbons (Fsp3) is 0.448. The Bertz CT molecular complexity index is 1110. The SMILES string of the molecule is Cc1cccc(C)c1C(C(=O)NC(C)C)N(CC#N)C(=O)C(Cc1ccccc1)NC(=O)OC(C)(C)C. The minimum atomic E-state index is -1.07. The molecule has 198 valence electrons. The average molecular weight is 507 g/mol. The van der Waals surface area contributed by atoms with Crippen LogP contribution >= 0.6 is 0 Å². The molecule has 2 N–H and O–H groups in total. The molecule has 0 aromatic heterocycles. The highest BCUT2D eigenvalue weighted by atomic mass is 16.6. The molecule has 0 aliphatic rings. The van der Waals surface area contributed by atoms with Gasteiger partial charge >= 0.3 is 6.09 Å². The number of benzene rings is 2. The molecule has 0 aliphatic heterocycles. The summed E-state index contributed by atoms with van der Waals surface area (Å²) in [7, 11) is 0. The summed E-state index contributed by atoms with van der Waals surface area (Å²) < 4.78 is 5.41. The number of hydrogen-bond acceptors (Lipinski definition) is 5. The first kappa shape index (κ1) is 29.4. The summed E-state index contributed by atoms with van der Waals surface area (Å²) in [5.74, 6) is -0.949. The summed E-state index contributed by atoms with van der Waals surface area (Å²) in [5.41, 5.74) is 2.33. The van der Waals surface area contributed by atoms with E-state index in [-0.39, 0.29) is 19.0 Å². The van der Waals surface area contributed by atoms with Crippen LogP contribution in [0.15, 0.2) is 48.5 Å². The highest BCUT2D eigenvalue weighted by molar-refractivity contribution is 5.93. The summed E-state index contributed by atoms with van der Waals surface area (Å²) in [6.45, 7) is 12.3. The number of carbonyl (C=O) groups excluding carboxylic acids is 3. The van der Waals surface area contributed by atoms with E-state index in [0.717, 1.165) is 16.7 Å². The molecule has 2 atom stereocenters. The monoisotopic (exact) mass is 506 g/mol. The number of aryl methyl sites for hydroxylation is 2. The van der Waals surface area contributed by atoms with Crippen LogP contribution in [0.25, 0.3) is 0 Å². The summed E-state index contributed by atoms with van der Waals surface area (Å²) in [5, 5.41) is 15.3. The molecule has 8 heteroatoms. The van der Waals surface area contributed by atoms with Crippen LogP contribution in [-0.2, 0) is 20.7 Å². The van der Waals surface area contributed by atoms with E-state index in [1.54, 1.807) is 20.8 Å². The topological polar surface area (TPSA) is 112 Å². The lowest BCUT2D eigenvalue weighted by molar-refractivity contribution is -0.142. The minimum Gasteiger partial charge on any atom is -0.444 e. The van der Waals surface area contributed by atoms with Crippen LogP contribution in [0.5, 0.6) is 0 Å². The van der Waals surface area contributed by atoms with Crippen molar-refractivity contribution in [3.63, 3.8) is 0 Å². The van der Waals surface area contributed by atoms with Crippen LogP contribution in [0.2, 0.25) is 0 Å². The number of nitrogens with zero attached hydrogens (tertiary/aromatic N) is 2. The van der Waals surface area contributed by atoms with Gasteiger partial charge in [-0.15, -0.1) is 0 Å². The van der Waals surface area contributed by atoms with Crippen LogP contribution in [0.3, 0.4) is 0 Å². The van der Waals surface area contributed by atoms with Crippen molar-refractivity contribution in [1.82, 2.24) is 15.5 Å². The van der Waals surface area contributed by atoms with Crippen LogP contribution in [0.4, 0.5) is 4.79 Å². The highest BCUT2D eigenvalue weighted by Gasteiger charge is 2.37. The van der Waals surface area contributed by atoms with Crippen molar-refractivity contribution in [2.75, 3.05) is 6.54 Å². The summed E-state index contributed by atoms with van der Waals surface area (Å²) >= 11 is 0. The number of hydrogen-bond donors (Lipinski definition) is 2. The van der Waals surface area contributed by atoms with Gasteiger partial charge < -0.3 is 20.3 Å². The molecule has 37 heavy (non-hydrogen) atoms. The molecule has 2 aromatic carbocycles. The average Bonchev–Trinajstić information content (AvgIpc) is 2.78. The van der Waals surface area contributed by atoms with Gasteiger partial charge in [-0.3, -0.25) is 9.59 Å². The number of amides is 3. The fourth-order valence-corrected chi connectivity index (χ4v) is 4.12. The number of alkyl carbamates (subject to hydrolysis) is 1. The molecule has 2 unspecified atom stereocenters. The Balaban J connectivity index is 2.58. The molecular weight excluding hydrogens is 468 g/mol. The Morgan fingerprint density at radius 1 is 0.973 bits per heavy atom. The Kier molecular flexibility index (Phi) is 10.2. The van der Waals surface area contributed by atoms with Crippen molar-refractivity contribution < 1.29 is 19.1 Å². The number of nitriles is 1. The maximum atomic E-state index is 14.1. The van der Waals surface area contributed by atoms with E-state index in [1.807, 2.05) is 82.3 Å². The predicted octanol–water partition coefficient (Wildman–Crippen LogP) is 4.36. The van der Waals surface area contributed by atoms with Crippen molar-refractivity contribution in [2.45, 2.75) is 78.6 Å². The second-order valence-electron chi connectivity index (χ2n) is 10.4. The Morgan fingerprint density at radius 3 is 2.08 bits per heavy atom. The third kappa shape index (κ3) is 8.64. The van der Waals surface area contributed by atoms with E-state index in [9.17, 15) is 19.6 Å². The summed E-state index contributed by atoms with van der Waals surface area (Å²) in [6.07, 6.45) is -0.597. The third-order valence-corrected chi connectivity index (χ3v) is 5.60. The number of nitrogens with one attached hydrogen (secondary N) is 2. The van der Waals surface area contributed by atoms with Crippen molar-refractivity contribution in [1.29, 1.82) is 5.26 Å². The van der Waals surface area contributed by atoms with Crippen molar-refractivity contribution in [3.8, 4) is 6.07 Å². The molecule has 0 saturated heterocycles. The molecule has 3 amide bonds. The van der Waals surface area contributed by atoms with Crippen molar-refractivity contribution >= 4 is 17.9 Å². The van der Waals surface area contributed by atoms with E-state index in [1.165, 1.54) is 4.90 Å². The van der Waals surface area contributed by atoms with E-state index in [0.29, 0.717) is 5.56 Å². The van der Waals surface area contributed by atoms with E-state index >= 15 is 0 Å². The summed E-state index contributed by atoms with van der Waals surface area (Å²) in [6, 6.07) is 14.6. The lowest BCUT2D eigenvalue weighted by Gasteiger charge is -2.34. The van der Waals surface area contributed by atoms with Gasteiger partial charge in [-0.05, 0) is 70.7 Å². The first-order chi connectivity index (χ1) is 17.3. The first-order valence-corrected chi connectivity index (χ1v) is 12.4. The molecular formula is C29H38N4O4. The van der Waals surface area contributed by atoms with Gasteiger partial charge in [0.15, 0.2) is 0 Å². The van der Waals surface area contributed by atoms with Gasteiger partial charge in [0.2, 0.25) is 11.8 Å². The molecule has 0 bridgehead atoms. The smallest absolute Gasteiger partial charge is 0.408 e. The van der Waals surface area contributed by atoms with Gasteiger partial charge in [-0.1, -0.05) is 48.5 Å². The van der Waals surface area contributed by atoms with Gasteiger partial charge in [0.1, 0.15) is 24.2 Å². The maximum Gasteiger partial charge on any atom is 0.408 e. The zero-order valence-electron chi connectivity index (χ0n) is 22.8. The van der Waals surface area contributed by atoms with E-state index < -0.39 is 35.6 Å². The quantitative estimate of drug-likeness (QED) is 0.491. The van der Waals surface area contributed by atoms with Crippen LogP contribution in [0.1, 0.15) is 62.9 Å². The molecule has 2 aromatic rings. The van der Waals surface area contributed by atoms with Crippen molar-refractivity contribution in [2.24, 2.45) is 0 Å². The maximum absolute atomic E-state index is 14.1. The molecule has 2 rings (SSSR count). The standard InChI is InChI=1S/C29H38N4O4/c1-19(2)31-26(34)25(24-20(3)12-11-13-21(24)4)33(17-16-30)27(35)23(18-22-14-9-8-10-15-22)32-28(36)37-29(5,6)7/h8-15,19,23,25H,17-18H2,1-7H3,(H,31,34)(H,32,36). The molecule has 0 heterocycles. The zero-order chi connectivity index (χ0) is 27.8. The second kappa shape index (κ2) is 12.9. The van der Waals surface area contributed by atoms with E-state index in [2.05, 4.69) is 10.6 Å². The highest BCUT2D eigenvalue weighted by Crippen LogP contribution is 2.29. The molecule has 0 aliphatic carbocycles. The van der Waals surface area contributed by atoms with Gasteiger partial charge in [0, 0.05) is 12.5 Å². The van der Waals surface area contributed by atoms with Crippen LogP contribution in [-0.4, -0.2) is 47.0 Å². The Labute approximate surface area is 220 Å². The minimum absolute atomic E-state index is 0.159. The number of ether oxygens (including phenoxy) is 1. The number of carbonyl (C=O) groups is 3. The van der Waals surface area contributed by atoms with Gasteiger partial charge in [-0.25, -0.2) is 4.79 Å². The molecule has 0 fully saturated rings. The third-order valence-electron chi connectivity index (χ3n) is 5.60. The normalized spacial score (nSPS) is 12.7. The molecule has 8 nitrogen and oxygen atoms in total. The van der Waals surface area contributed by atoms with Crippen molar-refractivity contribution in [3.05, 3.63) is 70.8 Å². The Hall–Kier alpha value is -3.86. The second-order valence-corrected chi connectivity index (χ2v) is 10.4. The predicted molar refractivity (Wildman–Crippen MR) is 143 cm³/mol. The van der Waals surface area contributed by atoms with Crippen LogP contribution < -0.4 is 10.6 Å². The first-order valence-electron chi connectivity index (χ1n) is 12.4. The lowest BCUT2D eigenvalue weighted by Crippen LogP contribution is -2.54. The largest absolute Gasteiger partial charge is 0.444 e. The Morgan fingerprint density at radius 2 is 1.57 bits per heavy atom. The van der Waals surface area contributed by atoms with Gasteiger partial charge in [0.25, 0.3) is 0 Å². The van der Waals surface area contributed by atoms with Gasteiger partial charge in [0.05, 0.1) is 6.07 Å². The molecule has 0 spiro atoms. The molecule has 0 saturated carbocycles. The van der Waals surface area contributed by atoms with E-state index in [4.69, 9.17) is 4.74 Å².